The van der Waals surface area contributed by atoms with E-state index in [0.717, 1.165) is 16.3 Å². The van der Waals surface area contributed by atoms with Crippen LogP contribution in [-0.2, 0) is 16.7 Å². The summed E-state index contributed by atoms with van der Waals surface area (Å²) in [6, 6.07) is 9.61. The number of hydrogen-bond acceptors (Lipinski definition) is 7. The molecule has 0 radical (unpaired) electrons. The third kappa shape index (κ3) is 5.65. The third-order valence-electron chi connectivity index (χ3n) is 3.89. The van der Waals surface area contributed by atoms with Crippen LogP contribution in [-0.4, -0.2) is 28.0 Å². The van der Waals surface area contributed by atoms with Gasteiger partial charge in [0.2, 0.25) is 0 Å². The van der Waals surface area contributed by atoms with Crippen molar-refractivity contribution in [3.63, 3.8) is 0 Å². The number of hydrogen-bond donors (Lipinski definition) is 4. The molecule has 2 heterocycles. The predicted octanol–water partition coefficient (Wildman–Crippen LogP) is 3.47. The highest BCUT2D eigenvalue weighted by molar-refractivity contribution is 7.87. The molecule has 0 aliphatic rings. The lowest BCUT2D eigenvalue weighted by Crippen LogP contribution is -2.15. The monoisotopic (exact) mass is 420 g/mol. The van der Waals surface area contributed by atoms with Crippen LogP contribution < -0.4 is 10.0 Å². The van der Waals surface area contributed by atoms with Crippen molar-refractivity contribution in [3.05, 3.63) is 63.7 Å². The summed E-state index contributed by atoms with van der Waals surface area (Å²) in [5.74, 6) is 0.668. The number of aromatic hydroxyl groups is 1. The highest BCUT2D eigenvalue weighted by Gasteiger charge is 2.17. The number of thiazole rings is 1. The molecule has 0 spiro atoms. The Bertz CT molecular complexity index is 1050. The maximum Gasteiger partial charge on any atom is 0.357 e. The Morgan fingerprint density at radius 3 is 2.43 bits per heavy atom. The molecule has 0 aliphatic carbocycles. The number of anilines is 2. The molecule has 1 atom stereocenters. The van der Waals surface area contributed by atoms with E-state index in [1.54, 1.807) is 54.7 Å². The van der Waals surface area contributed by atoms with Crippen molar-refractivity contribution in [1.29, 1.82) is 0 Å². The molecule has 8 nitrogen and oxygen atoms in total. The summed E-state index contributed by atoms with van der Waals surface area (Å²) in [5.41, 5.74) is 2.74. The minimum atomic E-state index is -4.31. The van der Waals surface area contributed by atoms with E-state index in [0.29, 0.717) is 17.9 Å². The fraction of sp³-hybridized carbons (Fsp3) is 0.222. The number of rotatable bonds is 7. The van der Waals surface area contributed by atoms with Gasteiger partial charge in [0.05, 0.1) is 22.4 Å². The average molecular weight is 421 g/mol. The molecule has 10 heteroatoms. The number of pyridine rings is 1. The van der Waals surface area contributed by atoms with Crippen LogP contribution in [0.25, 0.3) is 0 Å². The predicted molar refractivity (Wildman–Crippen MR) is 109 cm³/mol. The standard InChI is InChI=1S/C18H20N4O4S2/c1-11-7-15(23)9-18(19-11)21-16(17-10-27-12(2)20-17)8-13-3-5-14(6-4-13)22-28(24,25)26/h3-7,9-10,16,22H,8H2,1-2H3,(H2,19,21,23)(H,24,25,26). The molecule has 0 amide bonds. The van der Waals surface area contributed by atoms with E-state index in [-0.39, 0.29) is 17.5 Å². The molecule has 0 aliphatic heterocycles. The third-order valence-corrected chi connectivity index (χ3v) is 5.18. The number of aromatic nitrogens is 2. The van der Waals surface area contributed by atoms with Crippen molar-refractivity contribution in [3.8, 4) is 5.75 Å². The Hall–Kier alpha value is -2.69. The normalized spacial score (nSPS) is 12.5. The Morgan fingerprint density at radius 2 is 1.86 bits per heavy atom. The summed E-state index contributed by atoms with van der Waals surface area (Å²) in [4.78, 5) is 8.96. The maximum absolute atomic E-state index is 10.9. The van der Waals surface area contributed by atoms with Crippen LogP contribution in [0.3, 0.4) is 0 Å². The van der Waals surface area contributed by atoms with Crippen LogP contribution in [0.15, 0.2) is 41.8 Å². The van der Waals surface area contributed by atoms with Crippen LogP contribution in [0, 0.1) is 13.8 Å². The maximum atomic E-state index is 10.9. The van der Waals surface area contributed by atoms with Crippen LogP contribution in [0.5, 0.6) is 5.75 Å². The number of aryl methyl sites for hydroxylation is 2. The average Bonchev–Trinajstić information content (AvgIpc) is 3.00. The fourth-order valence-electron chi connectivity index (χ4n) is 2.77. The molecule has 28 heavy (non-hydrogen) atoms. The minimum absolute atomic E-state index is 0.129. The fourth-order valence-corrected chi connectivity index (χ4v) is 3.87. The molecule has 0 bridgehead atoms. The van der Waals surface area contributed by atoms with E-state index in [1.807, 2.05) is 17.0 Å². The van der Waals surface area contributed by atoms with Gasteiger partial charge in [-0.05, 0) is 38.0 Å². The smallest absolute Gasteiger partial charge is 0.357 e. The summed E-state index contributed by atoms with van der Waals surface area (Å²) in [5, 5.41) is 16.0. The van der Waals surface area contributed by atoms with Crippen LogP contribution in [0.2, 0.25) is 0 Å². The van der Waals surface area contributed by atoms with Gasteiger partial charge in [-0.25, -0.2) is 9.97 Å². The van der Waals surface area contributed by atoms with Crippen molar-refractivity contribution in [2.24, 2.45) is 0 Å². The van der Waals surface area contributed by atoms with E-state index in [9.17, 15) is 13.5 Å². The van der Waals surface area contributed by atoms with Gasteiger partial charge in [-0.1, -0.05) is 12.1 Å². The second-order valence-electron chi connectivity index (χ2n) is 6.32. The quantitative estimate of drug-likeness (QED) is 0.431. The van der Waals surface area contributed by atoms with Gasteiger partial charge < -0.3 is 10.4 Å². The van der Waals surface area contributed by atoms with Gasteiger partial charge >= 0.3 is 10.3 Å². The van der Waals surface area contributed by atoms with Gasteiger partial charge in [-0.3, -0.25) is 9.27 Å². The molecule has 1 unspecified atom stereocenters. The first-order valence-electron chi connectivity index (χ1n) is 8.38. The number of nitrogens with zero attached hydrogens (tertiary/aromatic N) is 2. The molecule has 3 rings (SSSR count). The van der Waals surface area contributed by atoms with Gasteiger partial charge in [0.15, 0.2) is 0 Å². The van der Waals surface area contributed by atoms with Crippen molar-refractivity contribution < 1.29 is 18.1 Å². The van der Waals surface area contributed by atoms with Gasteiger partial charge in [0.1, 0.15) is 11.6 Å². The summed E-state index contributed by atoms with van der Waals surface area (Å²) < 4.78 is 32.7. The van der Waals surface area contributed by atoms with E-state index < -0.39 is 10.3 Å². The molecule has 1 aromatic carbocycles. The topological polar surface area (TPSA) is 124 Å². The zero-order chi connectivity index (χ0) is 20.3. The highest BCUT2D eigenvalue weighted by atomic mass is 32.2. The van der Waals surface area contributed by atoms with Gasteiger partial charge in [-0.2, -0.15) is 8.42 Å². The first kappa shape index (κ1) is 20.1. The summed E-state index contributed by atoms with van der Waals surface area (Å²) >= 11 is 1.54. The van der Waals surface area contributed by atoms with E-state index in [2.05, 4.69) is 15.3 Å². The van der Waals surface area contributed by atoms with Crippen molar-refractivity contribution in [2.75, 3.05) is 10.0 Å². The lowest BCUT2D eigenvalue weighted by molar-refractivity contribution is 0.474. The Balaban J connectivity index is 1.83. The zero-order valence-corrected chi connectivity index (χ0v) is 16.9. The van der Waals surface area contributed by atoms with Crippen LogP contribution in [0.4, 0.5) is 11.5 Å². The Morgan fingerprint density at radius 1 is 1.14 bits per heavy atom. The molecule has 2 aromatic heterocycles. The van der Waals surface area contributed by atoms with Crippen molar-refractivity contribution in [2.45, 2.75) is 26.3 Å². The lowest BCUT2D eigenvalue weighted by Gasteiger charge is -2.18. The van der Waals surface area contributed by atoms with Crippen molar-refractivity contribution in [1.82, 2.24) is 9.97 Å². The Labute approximate surface area is 167 Å². The van der Waals surface area contributed by atoms with Gasteiger partial charge in [0, 0.05) is 23.2 Å². The zero-order valence-electron chi connectivity index (χ0n) is 15.2. The number of nitrogens with one attached hydrogen (secondary N) is 2. The second kappa shape index (κ2) is 8.13. The second-order valence-corrected chi connectivity index (χ2v) is 8.53. The van der Waals surface area contributed by atoms with Crippen molar-refractivity contribution >= 4 is 33.1 Å². The van der Waals surface area contributed by atoms with Gasteiger partial charge in [0.25, 0.3) is 0 Å². The first-order valence-corrected chi connectivity index (χ1v) is 10.7. The molecule has 0 saturated carbocycles. The molecule has 4 N–H and O–H groups in total. The van der Waals surface area contributed by atoms with Crippen LogP contribution >= 0.6 is 11.3 Å². The van der Waals surface area contributed by atoms with Gasteiger partial charge in [-0.15, -0.1) is 11.3 Å². The Kier molecular flexibility index (Phi) is 5.82. The summed E-state index contributed by atoms with van der Waals surface area (Å²) in [7, 11) is -4.31. The molecule has 3 aromatic rings. The number of benzene rings is 1. The minimum Gasteiger partial charge on any atom is -0.508 e. The first-order chi connectivity index (χ1) is 13.2. The largest absolute Gasteiger partial charge is 0.508 e. The van der Waals surface area contributed by atoms with E-state index in [4.69, 9.17) is 4.55 Å². The lowest BCUT2D eigenvalue weighted by atomic mass is 10.0. The summed E-state index contributed by atoms with van der Waals surface area (Å²) in [6.07, 6.45) is 0.561. The molecule has 0 saturated heterocycles. The highest BCUT2D eigenvalue weighted by Crippen LogP contribution is 2.26. The molecular weight excluding hydrogens is 400 g/mol. The molecule has 148 valence electrons. The van der Waals surface area contributed by atoms with Crippen LogP contribution in [0.1, 0.15) is 28.0 Å². The summed E-state index contributed by atoms with van der Waals surface area (Å²) in [6.45, 7) is 3.73. The van der Waals surface area contributed by atoms with E-state index in [1.165, 1.54) is 0 Å². The van der Waals surface area contributed by atoms with E-state index >= 15 is 0 Å². The molecular formula is C18H20N4O4S2. The SMILES string of the molecule is Cc1cc(O)cc(NC(Cc2ccc(NS(=O)(=O)O)cc2)c2csc(C)n2)n1. The molecule has 0 fully saturated rings.